The van der Waals surface area contributed by atoms with Crippen molar-refractivity contribution >= 4 is 39.9 Å². The van der Waals surface area contributed by atoms with Gasteiger partial charge in [0.15, 0.2) is 4.96 Å². The van der Waals surface area contributed by atoms with Crippen molar-refractivity contribution in [2.45, 2.75) is 24.6 Å². The summed E-state index contributed by atoms with van der Waals surface area (Å²) in [5, 5.41) is 4.89. The average molecular weight is 443 g/mol. The van der Waals surface area contributed by atoms with Gasteiger partial charge in [0.05, 0.1) is 17.5 Å². The number of thiazole rings is 1. The van der Waals surface area contributed by atoms with Crippen molar-refractivity contribution in [3.63, 3.8) is 0 Å². The summed E-state index contributed by atoms with van der Waals surface area (Å²) in [5.41, 5.74) is 1.54. The maximum Gasteiger partial charge on any atom is 0.258 e. The first-order chi connectivity index (χ1) is 14.6. The minimum Gasteiger partial charge on any atom is -0.347 e. The third-order valence-electron chi connectivity index (χ3n) is 4.95. The second kappa shape index (κ2) is 9.44. The van der Waals surface area contributed by atoms with Gasteiger partial charge in [-0.15, -0.1) is 23.1 Å². The predicted octanol–water partition coefficient (Wildman–Crippen LogP) is 2.47. The topological polar surface area (TPSA) is 83.8 Å². The Balaban J connectivity index is 1.36. The maximum absolute atomic E-state index is 12.6. The number of carbonyl (C=O) groups excluding carboxylic acids is 2. The van der Waals surface area contributed by atoms with E-state index in [9.17, 15) is 14.4 Å². The number of carbonyl (C=O) groups is 2. The number of rotatable bonds is 8. The second-order valence-corrected chi connectivity index (χ2v) is 8.97. The van der Waals surface area contributed by atoms with Crippen molar-refractivity contribution in [1.82, 2.24) is 19.6 Å². The van der Waals surface area contributed by atoms with Gasteiger partial charge in [-0.3, -0.25) is 18.8 Å². The lowest BCUT2D eigenvalue weighted by molar-refractivity contribution is -0.128. The van der Waals surface area contributed by atoms with Gasteiger partial charge in [0.25, 0.3) is 5.56 Å². The van der Waals surface area contributed by atoms with Crippen LogP contribution in [0.4, 0.5) is 0 Å². The smallest absolute Gasteiger partial charge is 0.258 e. The van der Waals surface area contributed by atoms with E-state index in [4.69, 9.17) is 0 Å². The molecule has 156 valence electrons. The molecule has 1 N–H and O–H groups in total. The number of nitrogens with one attached hydrogen (secondary N) is 1. The number of thioether (sulfide) groups is 1. The number of likely N-dealkylation sites (tertiary alicyclic amines) is 1. The lowest BCUT2D eigenvalue weighted by atomic mass is 10.1. The van der Waals surface area contributed by atoms with E-state index in [2.05, 4.69) is 10.3 Å². The molecule has 1 saturated heterocycles. The van der Waals surface area contributed by atoms with Gasteiger partial charge in [-0.2, -0.15) is 0 Å². The van der Waals surface area contributed by atoms with Crippen LogP contribution in [-0.4, -0.2) is 44.9 Å². The van der Waals surface area contributed by atoms with E-state index in [-0.39, 0.29) is 29.2 Å². The molecule has 0 spiro atoms. The molecule has 9 heteroatoms. The standard InChI is InChI=1S/C21H22N4O3S2/c26-18(14-29-13-16-11-20(28)25-9-10-30-21(25)22-16)23-17(15-5-2-1-3-6-15)12-24-8-4-7-19(24)27/h1-3,5-6,9-11,17H,4,7-8,12-14H2,(H,23,26). The fraction of sp³-hybridized carbons (Fsp3) is 0.333. The molecule has 0 radical (unpaired) electrons. The SMILES string of the molecule is O=C(CSCc1cc(=O)n2ccsc2n1)NC(CN1CCCC1=O)c1ccccc1. The first-order valence-electron chi connectivity index (χ1n) is 9.76. The average Bonchev–Trinajstić information content (AvgIpc) is 3.37. The molecule has 1 aromatic carbocycles. The third kappa shape index (κ3) is 4.91. The van der Waals surface area contributed by atoms with E-state index < -0.39 is 0 Å². The van der Waals surface area contributed by atoms with Crippen LogP contribution in [0.5, 0.6) is 0 Å². The van der Waals surface area contributed by atoms with Crippen molar-refractivity contribution in [1.29, 1.82) is 0 Å². The minimum atomic E-state index is -0.244. The molecule has 1 aliphatic rings. The van der Waals surface area contributed by atoms with E-state index in [0.29, 0.717) is 29.4 Å². The summed E-state index contributed by atoms with van der Waals surface area (Å²) in [5.74, 6) is 0.774. The Hall–Kier alpha value is -2.65. The number of fused-ring (bicyclic) bond motifs is 1. The lowest BCUT2D eigenvalue weighted by Crippen LogP contribution is -2.39. The van der Waals surface area contributed by atoms with Gasteiger partial charge in [0.1, 0.15) is 0 Å². The molecule has 0 aliphatic carbocycles. The highest BCUT2D eigenvalue weighted by atomic mass is 32.2. The van der Waals surface area contributed by atoms with Crippen LogP contribution in [-0.2, 0) is 15.3 Å². The molecule has 1 atom stereocenters. The Morgan fingerprint density at radius 2 is 2.10 bits per heavy atom. The number of amides is 2. The molecule has 3 heterocycles. The Kier molecular flexibility index (Phi) is 6.49. The van der Waals surface area contributed by atoms with Crippen LogP contribution in [0.1, 0.15) is 30.1 Å². The predicted molar refractivity (Wildman–Crippen MR) is 119 cm³/mol. The van der Waals surface area contributed by atoms with Crippen LogP contribution in [0.15, 0.2) is 52.8 Å². The van der Waals surface area contributed by atoms with Gasteiger partial charge < -0.3 is 10.2 Å². The van der Waals surface area contributed by atoms with Crippen molar-refractivity contribution in [2.24, 2.45) is 0 Å². The van der Waals surface area contributed by atoms with Crippen molar-refractivity contribution in [3.8, 4) is 0 Å². The first kappa shape index (κ1) is 20.6. The van der Waals surface area contributed by atoms with Crippen molar-refractivity contribution in [3.05, 3.63) is 69.6 Å². The quantitative estimate of drug-likeness (QED) is 0.579. The van der Waals surface area contributed by atoms with Crippen LogP contribution in [0.25, 0.3) is 4.96 Å². The van der Waals surface area contributed by atoms with Gasteiger partial charge in [-0.25, -0.2) is 4.98 Å². The summed E-state index contributed by atoms with van der Waals surface area (Å²) in [7, 11) is 0. The Morgan fingerprint density at radius 1 is 1.27 bits per heavy atom. The molecule has 7 nitrogen and oxygen atoms in total. The van der Waals surface area contributed by atoms with Crippen LogP contribution >= 0.6 is 23.1 Å². The number of hydrogen-bond acceptors (Lipinski definition) is 6. The number of aromatic nitrogens is 2. The molecule has 2 aromatic heterocycles. The third-order valence-corrected chi connectivity index (χ3v) is 6.67. The molecule has 2 amide bonds. The summed E-state index contributed by atoms with van der Waals surface area (Å²) in [6.07, 6.45) is 3.15. The second-order valence-electron chi connectivity index (χ2n) is 7.11. The molecule has 0 bridgehead atoms. The molecule has 30 heavy (non-hydrogen) atoms. The lowest BCUT2D eigenvalue weighted by Gasteiger charge is -2.25. The molecular weight excluding hydrogens is 420 g/mol. The molecule has 3 aromatic rings. The zero-order valence-electron chi connectivity index (χ0n) is 16.3. The zero-order chi connectivity index (χ0) is 20.9. The molecular formula is C21H22N4O3S2. The van der Waals surface area contributed by atoms with E-state index in [1.54, 1.807) is 6.20 Å². The van der Waals surface area contributed by atoms with E-state index in [1.807, 2.05) is 40.6 Å². The van der Waals surface area contributed by atoms with Crippen LogP contribution in [0, 0.1) is 0 Å². The molecule has 1 unspecified atom stereocenters. The molecule has 0 saturated carbocycles. The summed E-state index contributed by atoms with van der Waals surface area (Å²) in [6, 6.07) is 11.0. The monoisotopic (exact) mass is 442 g/mol. The summed E-state index contributed by atoms with van der Waals surface area (Å²) in [6.45, 7) is 1.21. The largest absolute Gasteiger partial charge is 0.347 e. The van der Waals surface area contributed by atoms with Crippen LogP contribution in [0.3, 0.4) is 0 Å². The van der Waals surface area contributed by atoms with Gasteiger partial charge in [-0.1, -0.05) is 30.3 Å². The first-order valence-corrected chi connectivity index (χ1v) is 11.8. The maximum atomic E-state index is 12.6. The normalized spacial score (nSPS) is 14.9. The Labute approximate surface area is 182 Å². The number of nitrogens with zero attached hydrogens (tertiary/aromatic N) is 3. The van der Waals surface area contributed by atoms with Gasteiger partial charge >= 0.3 is 0 Å². The van der Waals surface area contributed by atoms with Gasteiger partial charge in [0.2, 0.25) is 11.8 Å². The van der Waals surface area contributed by atoms with Crippen LogP contribution in [0.2, 0.25) is 0 Å². The van der Waals surface area contributed by atoms with Gasteiger partial charge in [0, 0.05) is 42.9 Å². The highest BCUT2D eigenvalue weighted by Gasteiger charge is 2.25. The highest BCUT2D eigenvalue weighted by Crippen LogP contribution is 2.19. The fourth-order valence-electron chi connectivity index (χ4n) is 3.48. The Morgan fingerprint density at radius 3 is 2.87 bits per heavy atom. The summed E-state index contributed by atoms with van der Waals surface area (Å²) >= 11 is 2.82. The summed E-state index contributed by atoms with van der Waals surface area (Å²) in [4.78, 5) is 43.6. The zero-order valence-corrected chi connectivity index (χ0v) is 18.0. The fourth-order valence-corrected chi connectivity index (χ4v) is 4.95. The number of benzene rings is 1. The number of hydrogen-bond donors (Lipinski definition) is 1. The van der Waals surface area contributed by atoms with E-state index in [1.165, 1.54) is 33.6 Å². The molecule has 4 rings (SSSR count). The van der Waals surface area contributed by atoms with Crippen molar-refractivity contribution < 1.29 is 9.59 Å². The van der Waals surface area contributed by atoms with E-state index in [0.717, 1.165) is 18.5 Å². The van der Waals surface area contributed by atoms with Gasteiger partial charge in [-0.05, 0) is 12.0 Å². The summed E-state index contributed by atoms with van der Waals surface area (Å²) < 4.78 is 1.51. The van der Waals surface area contributed by atoms with Crippen LogP contribution < -0.4 is 10.9 Å². The highest BCUT2D eigenvalue weighted by molar-refractivity contribution is 7.99. The Bertz CT molecular complexity index is 1100. The minimum absolute atomic E-state index is 0.102. The van der Waals surface area contributed by atoms with Crippen molar-refractivity contribution in [2.75, 3.05) is 18.8 Å². The molecule has 1 fully saturated rings. The van der Waals surface area contributed by atoms with E-state index >= 15 is 0 Å². The molecule has 1 aliphatic heterocycles.